The van der Waals surface area contributed by atoms with Gasteiger partial charge in [-0.1, -0.05) is 23.7 Å². The number of benzene rings is 1. The van der Waals surface area contributed by atoms with Crippen LogP contribution in [-0.4, -0.2) is 49.0 Å². The smallest absolute Gasteiger partial charge is 0.244 e. The Labute approximate surface area is 177 Å². The molecule has 8 heteroatoms. The Morgan fingerprint density at radius 2 is 1.66 bits per heavy atom. The standard InChI is InChI=1S/C21H26ClN3O3S/c22-18-5-3-16(4-6-18)21(26)17-9-13-24(14-10-17)20-8-7-19(15-23-20)29(27,28)25-11-1-2-12-25/h3-8,15,17,21,26H,1-2,9-14H2. The number of halogens is 1. The van der Waals surface area contributed by atoms with Crippen LogP contribution in [0.15, 0.2) is 47.5 Å². The van der Waals surface area contributed by atoms with E-state index in [1.165, 1.54) is 10.5 Å². The number of hydrogen-bond donors (Lipinski definition) is 1. The molecule has 3 heterocycles. The van der Waals surface area contributed by atoms with Crippen molar-refractivity contribution in [2.24, 2.45) is 5.92 Å². The van der Waals surface area contributed by atoms with Gasteiger partial charge in [0.15, 0.2) is 0 Å². The molecule has 6 nitrogen and oxygen atoms in total. The molecule has 4 rings (SSSR count). The summed E-state index contributed by atoms with van der Waals surface area (Å²) in [6.07, 6.45) is 4.50. The lowest BCUT2D eigenvalue weighted by molar-refractivity contribution is 0.0929. The van der Waals surface area contributed by atoms with Gasteiger partial charge in [0, 0.05) is 37.4 Å². The summed E-state index contributed by atoms with van der Waals surface area (Å²) in [5.41, 5.74) is 0.891. The predicted octanol–water partition coefficient (Wildman–Crippen LogP) is 3.47. The van der Waals surface area contributed by atoms with Crippen molar-refractivity contribution in [2.75, 3.05) is 31.1 Å². The van der Waals surface area contributed by atoms with Crippen LogP contribution in [0.5, 0.6) is 0 Å². The summed E-state index contributed by atoms with van der Waals surface area (Å²) < 4.78 is 26.8. The van der Waals surface area contributed by atoms with E-state index < -0.39 is 16.1 Å². The van der Waals surface area contributed by atoms with Gasteiger partial charge in [-0.05, 0) is 61.4 Å². The van der Waals surface area contributed by atoms with Crippen molar-refractivity contribution in [1.82, 2.24) is 9.29 Å². The highest BCUT2D eigenvalue weighted by Crippen LogP contribution is 2.32. The summed E-state index contributed by atoms with van der Waals surface area (Å²) in [6, 6.07) is 10.8. The Morgan fingerprint density at radius 3 is 2.24 bits per heavy atom. The second kappa shape index (κ2) is 8.60. The van der Waals surface area contributed by atoms with E-state index in [0.717, 1.165) is 50.2 Å². The number of aliphatic hydroxyl groups excluding tert-OH is 1. The Morgan fingerprint density at radius 1 is 1.00 bits per heavy atom. The van der Waals surface area contributed by atoms with E-state index in [1.54, 1.807) is 24.3 Å². The Balaban J connectivity index is 1.38. The molecule has 0 bridgehead atoms. The summed E-state index contributed by atoms with van der Waals surface area (Å²) in [4.78, 5) is 6.83. The van der Waals surface area contributed by atoms with Gasteiger partial charge in [0.25, 0.3) is 0 Å². The maximum atomic E-state index is 12.6. The van der Waals surface area contributed by atoms with Gasteiger partial charge in [-0.2, -0.15) is 4.31 Å². The van der Waals surface area contributed by atoms with Crippen molar-refractivity contribution in [2.45, 2.75) is 36.7 Å². The number of nitrogens with zero attached hydrogens (tertiary/aromatic N) is 3. The van der Waals surface area contributed by atoms with Crippen molar-refractivity contribution in [1.29, 1.82) is 0 Å². The average Bonchev–Trinajstić information content (AvgIpc) is 3.30. The molecule has 1 unspecified atom stereocenters. The molecule has 0 spiro atoms. The van der Waals surface area contributed by atoms with Gasteiger partial charge in [-0.3, -0.25) is 0 Å². The Hall–Kier alpha value is -1.67. The van der Waals surface area contributed by atoms with Crippen molar-refractivity contribution in [3.63, 3.8) is 0 Å². The van der Waals surface area contributed by atoms with Crippen molar-refractivity contribution in [3.05, 3.63) is 53.2 Å². The maximum absolute atomic E-state index is 12.6. The molecule has 2 aliphatic rings. The molecule has 2 saturated heterocycles. The molecule has 2 fully saturated rings. The van der Waals surface area contributed by atoms with Crippen LogP contribution in [0.3, 0.4) is 0 Å². The number of aromatic nitrogens is 1. The molecule has 1 N–H and O–H groups in total. The van der Waals surface area contributed by atoms with Crippen molar-refractivity contribution < 1.29 is 13.5 Å². The molecule has 1 aromatic heterocycles. The van der Waals surface area contributed by atoms with Gasteiger partial charge < -0.3 is 10.0 Å². The lowest BCUT2D eigenvalue weighted by Crippen LogP contribution is -2.36. The van der Waals surface area contributed by atoms with E-state index in [2.05, 4.69) is 9.88 Å². The average molecular weight is 436 g/mol. The summed E-state index contributed by atoms with van der Waals surface area (Å²) in [5.74, 6) is 0.965. The monoisotopic (exact) mass is 435 g/mol. The Kier molecular flexibility index (Phi) is 6.11. The van der Waals surface area contributed by atoms with Gasteiger partial charge in [0.2, 0.25) is 10.0 Å². The highest BCUT2D eigenvalue weighted by Gasteiger charge is 2.29. The fourth-order valence-electron chi connectivity index (χ4n) is 4.17. The van der Waals surface area contributed by atoms with Crippen LogP contribution in [0.4, 0.5) is 5.82 Å². The summed E-state index contributed by atoms with van der Waals surface area (Å²) in [6.45, 7) is 2.74. The van der Waals surface area contributed by atoms with Crippen molar-refractivity contribution in [3.8, 4) is 0 Å². The van der Waals surface area contributed by atoms with E-state index in [1.807, 2.05) is 12.1 Å². The first-order valence-corrected chi connectivity index (χ1v) is 11.9. The highest BCUT2D eigenvalue weighted by molar-refractivity contribution is 7.89. The number of pyridine rings is 1. The van der Waals surface area contributed by atoms with Gasteiger partial charge in [0.05, 0.1) is 6.10 Å². The molecule has 2 aliphatic heterocycles. The van der Waals surface area contributed by atoms with Crippen LogP contribution in [0.2, 0.25) is 5.02 Å². The van der Waals surface area contributed by atoms with Crippen LogP contribution < -0.4 is 4.90 Å². The van der Waals surface area contributed by atoms with Gasteiger partial charge in [-0.15, -0.1) is 0 Å². The zero-order valence-corrected chi connectivity index (χ0v) is 17.8. The third-order valence-corrected chi connectivity index (χ3v) is 8.08. The molecule has 1 atom stereocenters. The molecule has 0 saturated carbocycles. The minimum atomic E-state index is -3.43. The van der Waals surface area contributed by atoms with E-state index in [0.29, 0.717) is 18.1 Å². The zero-order chi connectivity index (χ0) is 20.4. The zero-order valence-electron chi connectivity index (χ0n) is 16.2. The lowest BCUT2D eigenvalue weighted by Gasteiger charge is -2.35. The summed E-state index contributed by atoms with van der Waals surface area (Å²) in [5, 5.41) is 11.3. The molecule has 0 amide bonds. The minimum absolute atomic E-state index is 0.183. The fourth-order valence-corrected chi connectivity index (χ4v) is 5.76. The number of sulfonamides is 1. The topological polar surface area (TPSA) is 73.7 Å². The van der Waals surface area contributed by atoms with E-state index in [-0.39, 0.29) is 10.8 Å². The normalized spacial score (nSPS) is 20.1. The van der Waals surface area contributed by atoms with Crippen LogP contribution in [0, 0.1) is 5.92 Å². The molecule has 2 aromatic rings. The van der Waals surface area contributed by atoms with Crippen LogP contribution >= 0.6 is 11.6 Å². The van der Waals surface area contributed by atoms with Gasteiger partial charge in [-0.25, -0.2) is 13.4 Å². The SMILES string of the molecule is O=S(=O)(c1ccc(N2CCC(C(O)c3ccc(Cl)cc3)CC2)nc1)N1CCCC1. The van der Waals surface area contributed by atoms with Crippen LogP contribution in [0.1, 0.15) is 37.4 Å². The first-order chi connectivity index (χ1) is 13.9. The third kappa shape index (κ3) is 4.43. The largest absolute Gasteiger partial charge is 0.388 e. The number of hydrogen-bond acceptors (Lipinski definition) is 5. The molecular weight excluding hydrogens is 410 g/mol. The fraction of sp³-hybridized carbons (Fsp3) is 0.476. The number of anilines is 1. The molecule has 156 valence electrons. The molecule has 1 aromatic carbocycles. The van der Waals surface area contributed by atoms with Gasteiger partial charge >= 0.3 is 0 Å². The number of rotatable bonds is 5. The quantitative estimate of drug-likeness (QED) is 0.778. The second-order valence-corrected chi connectivity index (χ2v) is 10.2. The molecule has 0 aliphatic carbocycles. The van der Waals surface area contributed by atoms with Crippen LogP contribution in [-0.2, 0) is 10.0 Å². The highest BCUT2D eigenvalue weighted by atomic mass is 35.5. The van der Waals surface area contributed by atoms with Crippen molar-refractivity contribution >= 4 is 27.4 Å². The maximum Gasteiger partial charge on any atom is 0.244 e. The lowest BCUT2D eigenvalue weighted by atomic mass is 9.87. The Bertz CT molecular complexity index is 921. The summed E-state index contributed by atoms with van der Waals surface area (Å²) in [7, 11) is -3.43. The number of piperidine rings is 1. The first-order valence-electron chi connectivity index (χ1n) is 10.1. The van der Waals surface area contributed by atoms with E-state index >= 15 is 0 Å². The molecular formula is C21H26ClN3O3S. The van der Waals surface area contributed by atoms with Gasteiger partial charge in [0.1, 0.15) is 10.7 Å². The number of aliphatic hydroxyl groups is 1. The predicted molar refractivity (Wildman–Crippen MR) is 114 cm³/mol. The van der Waals surface area contributed by atoms with E-state index in [9.17, 15) is 13.5 Å². The summed E-state index contributed by atoms with van der Waals surface area (Å²) >= 11 is 5.93. The first kappa shape index (κ1) is 20.6. The van der Waals surface area contributed by atoms with Crippen LogP contribution in [0.25, 0.3) is 0 Å². The molecule has 29 heavy (non-hydrogen) atoms. The second-order valence-electron chi connectivity index (χ2n) is 7.78. The third-order valence-electron chi connectivity index (χ3n) is 5.95. The minimum Gasteiger partial charge on any atom is -0.388 e. The van der Waals surface area contributed by atoms with E-state index in [4.69, 9.17) is 11.6 Å². The molecule has 0 radical (unpaired) electrons.